The van der Waals surface area contributed by atoms with E-state index in [9.17, 15) is 4.79 Å². The third-order valence-electron chi connectivity index (χ3n) is 5.58. The van der Waals surface area contributed by atoms with Crippen LogP contribution in [0.2, 0.25) is 0 Å². The van der Waals surface area contributed by atoms with Crippen LogP contribution < -0.4 is 15.0 Å². The lowest BCUT2D eigenvalue weighted by Crippen LogP contribution is -2.48. The quantitative estimate of drug-likeness (QED) is 0.631. The molecule has 1 N–H and O–H groups in total. The summed E-state index contributed by atoms with van der Waals surface area (Å²) >= 11 is 1.78. The number of hydrogen-bond donors (Lipinski definition) is 1. The van der Waals surface area contributed by atoms with Gasteiger partial charge in [0, 0.05) is 39.3 Å². The molecule has 7 heteroatoms. The molecular formula is C23H28N4O2S. The average molecular weight is 425 g/mol. The maximum absolute atomic E-state index is 12.0. The summed E-state index contributed by atoms with van der Waals surface area (Å²) in [7, 11) is 0. The van der Waals surface area contributed by atoms with Crippen molar-refractivity contribution in [2.24, 2.45) is 0 Å². The van der Waals surface area contributed by atoms with Crippen molar-refractivity contribution in [3.05, 3.63) is 53.6 Å². The number of aromatic nitrogens is 1. The van der Waals surface area contributed by atoms with Gasteiger partial charge in [-0.25, -0.2) is 4.98 Å². The van der Waals surface area contributed by atoms with Crippen molar-refractivity contribution in [2.45, 2.75) is 13.8 Å². The fraction of sp³-hybridized carbons (Fsp3) is 0.391. The lowest BCUT2D eigenvalue weighted by molar-refractivity contribution is -0.123. The maximum atomic E-state index is 12.0. The summed E-state index contributed by atoms with van der Waals surface area (Å²) in [5.74, 6) is 0.626. The monoisotopic (exact) mass is 424 g/mol. The number of piperazine rings is 1. The highest BCUT2D eigenvalue weighted by molar-refractivity contribution is 7.22. The van der Waals surface area contributed by atoms with Gasteiger partial charge in [0.05, 0.1) is 10.2 Å². The van der Waals surface area contributed by atoms with Crippen LogP contribution in [0.1, 0.15) is 11.1 Å². The average Bonchev–Trinajstić information content (AvgIpc) is 3.21. The molecule has 1 aliphatic heterocycles. The Kier molecular flexibility index (Phi) is 6.50. The van der Waals surface area contributed by atoms with Gasteiger partial charge in [0.1, 0.15) is 5.75 Å². The van der Waals surface area contributed by atoms with Crippen LogP contribution in [0.15, 0.2) is 42.5 Å². The molecule has 1 aliphatic rings. The van der Waals surface area contributed by atoms with Gasteiger partial charge in [-0.15, -0.1) is 0 Å². The highest BCUT2D eigenvalue weighted by Crippen LogP contribution is 2.32. The molecule has 1 aromatic heterocycles. The van der Waals surface area contributed by atoms with E-state index in [0.29, 0.717) is 12.3 Å². The molecule has 3 aromatic rings. The van der Waals surface area contributed by atoms with Crippen LogP contribution in [0.5, 0.6) is 5.75 Å². The second-order valence-corrected chi connectivity index (χ2v) is 8.64. The first-order valence-corrected chi connectivity index (χ1v) is 11.2. The number of benzene rings is 2. The summed E-state index contributed by atoms with van der Waals surface area (Å²) < 4.78 is 6.74. The largest absolute Gasteiger partial charge is 0.484 e. The molecule has 1 fully saturated rings. The molecule has 2 heterocycles. The van der Waals surface area contributed by atoms with Gasteiger partial charge in [0.25, 0.3) is 5.91 Å². The molecule has 0 radical (unpaired) electrons. The Balaban J connectivity index is 1.19. The normalized spacial score (nSPS) is 14.8. The molecule has 0 unspecified atom stereocenters. The second-order valence-electron chi connectivity index (χ2n) is 7.63. The molecule has 0 spiro atoms. The predicted octanol–water partition coefficient (Wildman–Crippen LogP) is 3.23. The van der Waals surface area contributed by atoms with Gasteiger partial charge >= 0.3 is 0 Å². The van der Waals surface area contributed by atoms with Gasteiger partial charge in [-0.1, -0.05) is 35.6 Å². The topological polar surface area (TPSA) is 57.7 Å². The number of aryl methyl sites for hydroxylation is 2. The third-order valence-corrected chi connectivity index (χ3v) is 6.66. The van der Waals surface area contributed by atoms with Gasteiger partial charge in [-0.2, -0.15) is 0 Å². The van der Waals surface area contributed by atoms with Crippen LogP contribution in [-0.4, -0.2) is 61.7 Å². The highest BCUT2D eigenvalue weighted by atomic mass is 32.1. The molecule has 0 saturated carbocycles. The number of fused-ring (bicyclic) bond motifs is 1. The van der Waals surface area contributed by atoms with Gasteiger partial charge < -0.3 is 15.0 Å². The number of rotatable bonds is 7. The van der Waals surface area contributed by atoms with E-state index in [2.05, 4.69) is 41.1 Å². The first kappa shape index (κ1) is 20.6. The van der Waals surface area contributed by atoms with Crippen LogP contribution in [-0.2, 0) is 4.79 Å². The smallest absolute Gasteiger partial charge is 0.257 e. The molecule has 30 heavy (non-hydrogen) atoms. The number of nitrogens with one attached hydrogen (secondary N) is 1. The summed E-state index contributed by atoms with van der Waals surface area (Å²) in [6.07, 6.45) is 0. The van der Waals surface area contributed by atoms with E-state index in [-0.39, 0.29) is 12.5 Å². The van der Waals surface area contributed by atoms with E-state index >= 15 is 0 Å². The highest BCUT2D eigenvalue weighted by Gasteiger charge is 2.20. The number of ether oxygens (including phenoxy) is 1. The molecule has 0 aliphatic carbocycles. The number of anilines is 1. The number of amides is 1. The number of carbonyl (C=O) groups is 1. The minimum atomic E-state index is -0.0855. The van der Waals surface area contributed by atoms with E-state index in [1.54, 1.807) is 11.3 Å². The predicted molar refractivity (Wildman–Crippen MR) is 123 cm³/mol. The summed E-state index contributed by atoms with van der Waals surface area (Å²) in [5, 5.41) is 4.06. The van der Waals surface area contributed by atoms with Crippen LogP contribution in [0.25, 0.3) is 10.2 Å². The SMILES string of the molecule is Cc1ccc2sc(N3CCN(CCNC(=O)COc4ccccc4)CC3)nc2c1C. The van der Waals surface area contributed by atoms with Crippen LogP contribution >= 0.6 is 11.3 Å². The Labute approximate surface area is 181 Å². The van der Waals surface area contributed by atoms with E-state index in [1.807, 2.05) is 30.3 Å². The molecule has 0 atom stereocenters. The van der Waals surface area contributed by atoms with E-state index in [4.69, 9.17) is 9.72 Å². The van der Waals surface area contributed by atoms with Crippen molar-refractivity contribution in [3.8, 4) is 5.75 Å². The Morgan fingerprint density at radius 3 is 2.63 bits per heavy atom. The zero-order valence-electron chi connectivity index (χ0n) is 17.6. The summed E-state index contributed by atoms with van der Waals surface area (Å²) in [5.41, 5.74) is 3.71. The van der Waals surface area contributed by atoms with E-state index in [1.165, 1.54) is 15.8 Å². The number of thiazole rings is 1. The molecule has 6 nitrogen and oxygen atoms in total. The lowest BCUT2D eigenvalue weighted by atomic mass is 10.1. The zero-order valence-corrected chi connectivity index (χ0v) is 18.4. The first-order chi connectivity index (χ1) is 14.6. The minimum absolute atomic E-state index is 0.0499. The number of nitrogens with zero attached hydrogens (tertiary/aromatic N) is 3. The number of carbonyl (C=O) groups excluding carboxylic acids is 1. The molecule has 0 bridgehead atoms. The Morgan fingerprint density at radius 1 is 1.10 bits per heavy atom. The molecule has 2 aromatic carbocycles. The summed E-state index contributed by atoms with van der Waals surface area (Å²) in [4.78, 5) is 21.6. The van der Waals surface area contributed by atoms with Crippen LogP contribution in [0.4, 0.5) is 5.13 Å². The van der Waals surface area contributed by atoms with Gasteiger partial charge in [0.2, 0.25) is 0 Å². The molecular weight excluding hydrogens is 396 g/mol. The fourth-order valence-electron chi connectivity index (χ4n) is 3.58. The van der Waals surface area contributed by atoms with E-state index in [0.717, 1.165) is 43.4 Å². The summed E-state index contributed by atoms with van der Waals surface area (Å²) in [6.45, 7) is 9.70. The third kappa shape index (κ3) is 4.91. The minimum Gasteiger partial charge on any atom is -0.484 e. The van der Waals surface area contributed by atoms with Crippen molar-refractivity contribution in [2.75, 3.05) is 50.8 Å². The lowest BCUT2D eigenvalue weighted by Gasteiger charge is -2.34. The van der Waals surface area contributed by atoms with Crippen molar-refractivity contribution in [1.82, 2.24) is 15.2 Å². The van der Waals surface area contributed by atoms with Crippen LogP contribution in [0.3, 0.4) is 0 Å². The maximum Gasteiger partial charge on any atom is 0.257 e. The zero-order chi connectivity index (χ0) is 20.9. The van der Waals surface area contributed by atoms with Gasteiger partial charge in [-0.05, 0) is 43.2 Å². The van der Waals surface area contributed by atoms with E-state index < -0.39 is 0 Å². The van der Waals surface area contributed by atoms with Crippen molar-refractivity contribution in [1.29, 1.82) is 0 Å². The summed E-state index contributed by atoms with van der Waals surface area (Å²) in [6, 6.07) is 13.8. The first-order valence-electron chi connectivity index (χ1n) is 10.4. The van der Waals surface area contributed by atoms with Crippen molar-refractivity contribution < 1.29 is 9.53 Å². The Bertz CT molecular complexity index is 997. The standard InChI is InChI=1S/C23H28N4O2S/c1-17-8-9-20-22(18(17)2)25-23(30-20)27-14-12-26(13-15-27)11-10-24-21(28)16-29-19-6-4-3-5-7-19/h3-9H,10-16H2,1-2H3,(H,24,28). The van der Waals surface area contributed by atoms with Crippen molar-refractivity contribution in [3.63, 3.8) is 0 Å². The van der Waals surface area contributed by atoms with Gasteiger partial charge in [-0.3, -0.25) is 9.69 Å². The Hall–Kier alpha value is -2.64. The fourth-order valence-corrected chi connectivity index (χ4v) is 4.66. The van der Waals surface area contributed by atoms with Gasteiger partial charge in [0.15, 0.2) is 11.7 Å². The molecule has 1 saturated heterocycles. The molecule has 1 amide bonds. The van der Waals surface area contributed by atoms with Crippen molar-refractivity contribution >= 4 is 32.6 Å². The second kappa shape index (κ2) is 9.45. The molecule has 158 valence electrons. The number of para-hydroxylation sites is 1. The molecule has 4 rings (SSSR count). The van der Waals surface area contributed by atoms with Crippen LogP contribution in [0, 0.1) is 13.8 Å². The Morgan fingerprint density at radius 2 is 1.87 bits per heavy atom. The number of hydrogen-bond acceptors (Lipinski definition) is 6.